The number of nitrogens with zero attached hydrogens (tertiary/aromatic N) is 2. The van der Waals surface area contributed by atoms with Gasteiger partial charge in [0.2, 0.25) is 5.91 Å². The van der Waals surface area contributed by atoms with Crippen LogP contribution in [0.3, 0.4) is 0 Å². The Labute approximate surface area is 151 Å². The average molecular weight is 362 g/mol. The maximum atomic E-state index is 13.4. The number of hydrogen-bond acceptors (Lipinski definition) is 3. The SMILES string of the molecule is Cc1cc(CN=C(NCC(=O)N(C)C)NCc2cccs2)ccc1F. The summed E-state index contributed by atoms with van der Waals surface area (Å²) in [6, 6.07) is 8.96. The third kappa shape index (κ3) is 6.19. The number of carbonyl (C=O) groups is 1. The van der Waals surface area contributed by atoms with Crippen LogP contribution < -0.4 is 10.6 Å². The van der Waals surface area contributed by atoms with E-state index in [2.05, 4.69) is 15.6 Å². The normalized spacial score (nSPS) is 11.3. The standard InChI is InChI=1S/C18H23FN4OS/c1-13-9-14(6-7-16(13)19)10-20-18(22-12-17(24)23(2)3)21-11-15-5-4-8-25-15/h4-9H,10-12H2,1-3H3,(H2,20,21,22). The van der Waals surface area contributed by atoms with Crippen molar-refractivity contribution in [2.75, 3.05) is 20.6 Å². The second kappa shape index (κ2) is 9.17. The lowest BCUT2D eigenvalue weighted by Gasteiger charge is -2.14. The van der Waals surface area contributed by atoms with Crippen LogP contribution >= 0.6 is 11.3 Å². The summed E-state index contributed by atoms with van der Waals surface area (Å²) in [5, 5.41) is 8.27. The fraction of sp³-hybridized carbons (Fsp3) is 0.333. The summed E-state index contributed by atoms with van der Waals surface area (Å²) in [5.41, 5.74) is 1.51. The van der Waals surface area contributed by atoms with Crippen LogP contribution in [0.5, 0.6) is 0 Å². The van der Waals surface area contributed by atoms with Gasteiger partial charge in [-0.2, -0.15) is 0 Å². The molecule has 0 fully saturated rings. The Hall–Kier alpha value is -2.41. The number of hydrogen-bond donors (Lipinski definition) is 2. The largest absolute Gasteiger partial charge is 0.351 e. The Morgan fingerprint density at radius 3 is 2.72 bits per heavy atom. The van der Waals surface area contributed by atoms with Gasteiger partial charge in [-0.15, -0.1) is 11.3 Å². The highest BCUT2D eigenvalue weighted by Gasteiger charge is 2.06. The molecule has 2 N–H and O–H groups in total. The van der Waals surface area contributed by atoms with Gasteiger partial charge in [0.05, 0.1) is 19.6 Å². The van der Waals surface area contributed by atoms with E-state index in [0.717, 1.165) is 5.56 Å². The molecule has 2 aromatic rings. The topological polar surface area (TPSA) is 56.7 Å². The summed E-state index contributed by atoms with van der Waals surface area (Å²) < 4.78 is 13.4. The minimum Gasteiger partial charge on any atom is -0.351 e. The zero-order valence-corrected chi connectivity index (χ0v) is 15.5. The van der Waals surface area contributed by atoms with Crippen molar-refractivity contribution < 1.29 is 9.18 Å². The van der Waals surface area contributed by atoms with Crippen molar-refractivity contribution >= 4 is 23.2 Å². The number of nitrogens with one attached hydrogen (secondary N) is 2. The second-order valence-corrected chi connectivity index (χ2v) is 6.86. The fourth-order valence-electron chi connectivity index (χ4n) is 2.05. The first-order valence-corrected chi connectivity index (χ1v) is 8.83. The van der Waals surface area contributed by atoms with Gasteiger partial charge in [-0.25, -0.2) is 9.38 Å². The van der Waals surface area contributed by atoms with Crippen LogP contribution in [-0.4, -0.2) is 37.4 Å². The molecule has 134 valence electrons. The molecule has 0 atom stereocenters. The predicted molar refractivity (Wildman–Crippen MR) is 100 cm³/mol. The molecule has 1 heterocycles. The highest BCUT2D eigenvalue weighted by molar-refractivity contribution is 7.09. The lowest BCUT2D eigenvalue weighted by Crippen LogP contribution is -2.42. The van der Waals surface area contributed by atoms with Crippen molar-refractivity contribution in [3.8, 4) is 0 Å². The van der Waals surface area contributed by atoms with Gasteiger partial charge in [-0.3, -0.25) is 4.79 Å². The van der Waals surface area contributed by atoms with E-state index in [1.165, 1.54) is 15.8 Å². The van der Waals surface area contributed by atoms with Gasteiger partial charge < -0.3 is 15.5 Å². The van der Waals surface area contributed by atoms with Crippen LogP contribution in [0.2, 0.25) is 0 Å². The molecule has 2 rings (SSSR count). The van der Waals surface area contributed by atoms with E-state index < -0.39 is 0 Å². The number of aliphatic imine (C=N–C) groups is 1. The number of aryl methyl sites for hydroxylation is 1. The van der Waals surface area contributed by atoms with Gasteiger partial charge in [0.25, 0.3) is 0 Å². The van der Waals surface area contributed by atoms with Gasteiger partial charge in [0.15, 0.2) is 5.96 Å². The van der Waals surface area contributed by atoms with Gasteiger partial charge in [-0.1, -0.05) is 18.2 Å². The first kappa shape index (κ1) is 18.9. The fourth-order valence-corrected chi connectivity index (χ4v) is 2.70. The molecular formula is C18H23FN4OS. The molecule has 0 unspecified atom stereocenters. The van der Waals surface area contributed by atoms with Crippen LogP contribution in [0.15, 0.2) is 40.7 Å². The maximum Gasteiger partial charge on any atom is 0.241 e. The minimum atomic E-state index is -0.224. The third-order valence-electron chi connectivity index (χ3n) is 3.56. The molecule has 25 heavy (non-hydrogen) atoms. The number of amides is 1. The molecule has 0 aliphatic heterocycles. The van der Waals surface area contributed by atoms with Crippen molar-refractivity contribution in [1.82, 2.24) is 15.5 Å². The molecule has 1 aromatic carbocycles. The smallest absolute Gasteiger partial charge is 0.241 e. The first-order valence-electron chi connectivity index (χ1n) is 7.95. The molecule has 0 bridgehead atoms. The number of guanidine groups is 1. The zero-order valence-electron chi connectivity index (χ0n) is 14.7. The monoisotopic (exact) mass is 362 g/mol. The molecule has 0 aliphatic rings. The Kier molecular flexibility index (Phi) is 6.94. The molecule has 0 saturated carbocycles. The Balaban J connectivity index is 2.02. The predicted octanol–water partition coefficient (Wildman–Crippen LogP) is 2.52. The summed E-state index contributed by atoms with van der Waals surface area (Å²) in [4.78, 5) is 19.0. The average Bonchev–Trinajstić information content (AvgIpc) is 3.10. The highest BCUT2D eigenvalue weighted by atomic mass is 32.1. The van der Waals surface area contributed by atoms with E-state index >= 15 is 0 Å². The molecule has 0 saturated heterocycles. The molecule has 1 aromatic heterocycles. The maximum absolute atomic E-state index is 13.4. The molecule has 7 heteroatoms. The summed E-state index contributed by atoms with van der Waals surface area (Å²) in [5.74, 6) is 0.285. The van der Waals surface area contributed by atoms with E-state index in [1.54, 1.807) is 44.5 Å². The van der Waals surface area contributed by atoms with Crippen LogP contribution in [0.25, 0.3) is 0 Å². The molecule has 5 nitrogen and oxygen atoms in total. The molecular weight excluding hydrogens is 339 g/mol. The van der Waals surface area contributed by atoms with E-state index in [1.807, 2.05) is 17.5 Å². The molecule has 0 spiro atoms. The second-order valence-electron chi connectivity index (χ2n) is 5.82. The minimum absolute atomic E-state index is 0.0387. The van der Waals surface area contributed by atoms with Crippen molar-refractivity contribution in [2.24, 2.45) is 4.99 Å². The third-order valence-corrected chi connectivity index (χ3v) is 4.43. The van der Waals surface area contributed by atoms with E-state index in [-0.39, 0.29) is 18.3 Å². The van der Waals surface area contributed by atoms with E-state index in [0.29, 0.717) is 24.6 Å². The number of benzene rings is 1. The first-order chi connectivity index (χ1) is 12.0. The number of thiophene rings is 1. The van der Waals surface area contributed by atoms with Crippen molar-refractivity contribution in [3.63, 3.8) is 0 Å². The Morgan fingerprint density at radius 1 is 1.28 bits per heavy atom. The summed E-state index contributed by atoms with van der Waals surface area (Å²) in [7, 11) is 3.42. The van der Waals surface area contributed by atoms with Gasteiger partial charge in [0, 0.05) is 19.0 Å². The van der Waals surface area contributed by atoms with Crippen LogP contribution in [-0.2, 0) is 17.9 Å². The number of rotatable bonds is 6. The zero-order chi connectivity index (χ0) is 18.2. The lowest BCUT2D eigenvalue weighted by atomic mass is 10.1. The quantitative estimate of drug-likeness (QED) is 0.613. The number of likely N-dealkylation sites (N-methyl/N-ethyl adjacent to an activating group) is 1. The van der Waals surface area contributed by atoms with E-state index in [4.69, 9.17) is 0 Å². The lowest BCUT2D eigenvalue weighted by molar-refractivity contribution is -0.127. The van der Waals surface area contributed by atoms with Crippen LogP contribution in [0.1, 0.15) is 16.0 Å². The highest BCUT2D eigenvalue weighted by Crippen LogP contribution is 2.10. The van der Waals surface area contributed by atoms with Crippen molar-refractivity contribution in [1.29, 1.82) is 0 Å². The van der Waals surface area contributed by atoms with Gasteiger partial charge >= 0.3 is 0 Å². The Bertz CT molecular complexity index is 729. The van der Waals surface area contributed by atoms with Crippen molar-refractivity contribution in [3.05, 3.63) is 57.5 Å². The summed E-state index contributed by atoms with van der Waals surface area (Å²) >= 11 is 1.65. The molecule has 0 aliphatic carbocycles. The molecule has 0 radical (unpaired) electrons. The Morgan fingerprint density at radius 2 is 2.08 bits per heavy atom. The van der Waals surface area contributed by atoms with Gasteiger partial charge in [-0.05, 0) is 35.6 Å². The van der Waals surface area contributed by atoms with Gasteiger partial charge in [0.1, 0.15) is 5.82 Å². The summed E-state index contributed by atoms with van der Waals surface area (Å²) in [6.45, 7) is 2.91. The van der Waals surface area contributed by atoms with Crippen LogP contribution in [0, 0.1) is 12.7 Å². The van der Waals surface area contributed by atoms with Crippen molar-refractivity contribution in [2.45, 2.75) is 20.0 Å². The molecule has 1 amide bonds. The number of halogens is 1. The van der Waals surface area contributed by atoms with E-state index in [9.17, 15) is 9.18 Å². The number of carbonyl (C=O) groups excluding carboxylic acids is 1. The summed E-state index contributed by atoms with van der Waals surface area (Å²) in [6.07, 6.45) is 0. The van der Waals surface area contributed by atoms with Crippen LogP contribution in [0.4, 0.5) is 4.39 Å².